The molecule has 116 valence electrons. The Morgan fingerprint density at radius 3 is 1.63 bits per heavy atom. The van der Waals surface area contributed by atoms with E-state index < -0.39 is 16.0 Å². The fraction of sp³-hybridized carbons (Fsp3) is 1.00. The van der Waals surface area contributed by atoms with Crippen molar-refractivity contribution in [2.45, 2.75) is 64.1 Å². The Kier molecular flexibility index (Phi) is 6.48. The molecule has 0 aromatic heterocycles. The van der Waals surface area contributed by atoms with Crippen LogP contribution in [0, 0.1) is 0 Å². The van der Waals surface area contributed by atoms with Crippen molar-refractivity contribution >= 4 is 16.0 Å². The van der Waals surface area contributed by atoms with Crippen LogP contribution >= 0.6 is 7.60 Å². The normalized spacial score (nSPS) is 14.8. The molecule has 0 amide bonds. The SMILES string of the molecule is COP(=O)(CCC[Si](F)(C(C)(C)C)C(C)(C)C)OC. The van der Waals surface area contributed by atoms with Gasteiger partial charge in [-0.05, 0) is 22.5 Å². The van der Waals surface area contributed by atoms with Gasteiger partial charge < -0.3 is 13.2 Å². The standard InChI is InChI=1S/C13H30FO3PSi/c1-12(2,3)19(14,13(4,5)6)11-9-10-18(15,16-7)17-8/h9-11H2,1-8H3. The molecule has 0 aliphatic carbocycles. The van der Waals surface area contributed by atoms with Crippen molar-refractivity contribution in [1.82, 2.24) is 0 Å². The van der Waals surface area contributed by atoms with Crippen LogP contribution in [0.2, 0.25) is 16.1 Å². The summed E-state index contributed by atoms with van der Waals surface area (Å²) in [5.41, 5.74) is 0. The quantitative estimate of drug-likeness (QED) is 0.375. The maximum absolute atomic E-state index is 15.6. The van der Waals surface area contributed by atoms with E-state index in [4.69, 9.17) is 9.05 Å². The van der Waals surface area contributed by atoms with Gasteiger partial charge in [-0.3, -0.25) is 4.57 Å². The zero-order chi connectivity index (χ0) is 15.5. The molecule has 0 aromatic rings. The fourth-order valence-corrected chi connectivity index (χ4v) is 8.42. The Morgan fingerprint density at radius 1 is 1.00 bits per heavy atom. The third-order valence-corrected chi connectivity index (χ3v) is 11.7. The first-order valence-corrected chi connectivity index (χ1v) is 10.5. The molecule has 3 nitrogen and oxygen atoms in total. The second kappa shape index (κ2) is 6.38. The Morgan fingerprint density at radius 2 is 1.37 bits per heavy atom. The van der Waals surface area contributed by atoms with Gasteiger partial charge >= 0.3 is 7.60 Å². The zero-order valence-corrected chi connectivity index (χ0v) is 15.6. The van der Waals surface area contributed by atoms with Gasteiger partial charge in [-0.1, -0.05) is 41.5 Å². The van der Waals surface area contributed by atoms with Crippen molar-refractivity contribution in [3.63, 3.8) is 0 Å². The number of hydrogen-bond donors (Lipinski definition) is 0. The minimum Gasteiger partial charge on any atom is -0.313 e. The second-order valence-electron chi connectivity index (χ2n) is 7.10. The van der Waals surface area contributed by atoms with Gasteiger partial charge in [0.2, 0.25) is 0 Å². The molecule has 19 heavy (non-hydrogen) atoms. The Labute approximate surface area is 119 Å². The Hall–Kier alpha value is 0.297. The van der Waals surface area contributed by atoms with E-state index in [1.807, 2.05) is 41.5 Å². The van der Waals surface area contributed by atoms with Gasteiger partial charge in [0.15, 0.2) is 0 Å². The van der Waals surface area contributed by atoms with Gasteiger partial charge in [-0.25, -0.2) is 0 Å². The number of halogens is 1. The molecule has 0 rings (SSSR count). The van der Waals surface area contributed by atoms with E-state index in [-0.39, 0.29) is 16.2 Å². The fourth-order valence-electron chi connectivity index (χ4n) is 2.65. The molecule has 0 aromatic carbocycles. The summed E-state index contributed by atoms with van der Waals surface area (Å²) in [6.07, 6.45) is 0.820. The number of hydrogen-bond acceptors (Lipinski definition) is 3. The van der Waals surface area contributed by atoms with E-state index in [0.29, 0.717) is 12.5 Å². The lowest BCUT2D eigenvalue weighted by Gasteiger charge is -2.44. The van der Waals surface area contributed by atoms with Crippen LogP contribution in [0.1, 0.15) is 48.0 Å². The van der Waals surface area contributed by atoms with E-state index >= 15 is 4.11 Å². The molecular formula is C13H30FO3PSi. The summed E-state index contributed by atoms with van der Waals surface area (Å²) in [5, 5.41) is -0.676. The smallest absolute Gasteiger partial charge is 0.313 e. The highest BCUT2D eigenvalue weighted by Crippen LogP contribution is 2.56. The summed E-state index contributed by atoms with van der Waals surface area (Å²) >= 11 is 0. The van der Waals surface area contributed by atoms with Crippen LogP contribution in [-0.4, -0.2) is 28.8 Å². The molecule has 0 radical (unpaired) electrons. The zero-order valence-electron chi connectivity index (χ0n) is 13.7. The summed E-state index contributed by atoms with van der Waals surface area (Å²) in [4.78, 5) is 0. The largest absolute Gasteiger partial charge is 0.330 e. The topological polar surface area (TPSA) is 35.5 Å². The Bertz CT molecular complexity index is 312. The van der Waals surface area contributed by atoms with Crippen molar-refractivity contribution in [3.05, 3.63) is 0 Å². The van der Waals surface area contributed by atoms with Crippen molar-refractivity contribution in [1.29, 1.82) is 0 Å². The predicted molar refractivity (Wildman–Crippen MR) is 82.2 cm³/mol. The molecule has 0 spiro atoms. The van der Waals surface area contributed by atoms with Gasteiger partial charge in [0, 0.05) is 20.4 Å². The maximum atomic E-state index is 15.6. The monoisotopic (exact) mass is 312 g/mol. The highest BCUT2D eigenvalue weighted by molar-refractivity contribution is 7.53. The summed E-state index contributed by atoms with van der Waals surface area (Å²) in [5.74, 6) is 0. The van der Waals surface area contributed by atoms with Gasteiger partial charge in [0.05, 0.1) is 0 Å². The van der Waals surface area contributed by atoms with E-state index in [1.165, 1.54) is 14.2 Å². The van der Waals surface area contributed by atoms with Crippen molar-refractivity contribution in [2.75, 3.05) is 20.4 Å². The van der Waals surface area contributed by atoms with Crippen LogP contribution in [0.15, 0.2) is 0 Å². The van der Waals surface area contributed by atoms with Crippen LogP contribution in [0.4, 0.5) is 4.11 Å². The first kappa shape index (κ1) is 19.3. The van der Waals surface area contributed by atoms with Crippen molar-refractivity contribution < 1.29 is 17.7 Å². The van der Waals surface area contributed by atoms with E-state index in [2.05, 4.69) is 0 Å². The maximum Gasteiger partial charge on any atom is 0.330 e. The lowest BCUT2D eigenvalue weighted by molar-refractivity contribution is 0.275. The van der Waals surface area contributed by atoms with Crippen LogP contribution in [-0.2, 0) is 13.6 Å². The molecule has 0 saturated heterocycles. The van der Waals surface area contributed by atoms with Gasteiger partial charge in [0.1, 0.15) is 0 Å². The highest BCUT2D eigenvalue weighted by atomic mass is 31.2. The summed E-state index contributed by atoms with van der Waals surface area (Å²) in [7, 11) is -3.28. The third-order valence-electron chi connectivity index (χ3n) is 3.89. The van der Waals surface area contributed by atoms with Gasteiger partial charge in [-0.2, -0.15) is 0 Å². The highest BCUT2D eigenvalue weighted by Gasteiger charge is 2.54. The first-order valence-electron chi connectivity index (χ1n) is 6.72. The summed E-state index contributed by atoms with van der Waals surface area (Å²) in [6, 6.07) is 0.483. The van der Waals surface area contributed by atoms with Gasteiger partial charge in [-0.15, -0.1) is 0 Å². The lowest BCUT2D eigenvalue weighted by atomic mass is 10.2. The average molecular weight is 312 g/mol. The van der Waals surface area contributed by atoms with E-state index in [1.54, 1.807) is 0 Å². The molecule has 0 fully saturated rings. The van der Waals surface area contributed by atoms with Crippen LogP contribution in [0.3, 0.4) is 0 Å². The molecule has 6 heteroatoms. The number of rotatable bonds is 6. The summed E-state index contributed by atoms with van der Waals surface area (Å²) < 4.78 is 37.3. The molecule has 0 bridgehead atoms. The van der Waals surface area contributed by atoms with Crippen LogP contribution < -0.4 is 0 Å². The molecule has 0 N–H and O–H groups in total. The molecule has 0 saturated carbocycles. The van der Waals surface area contributed by atoms with Crippen LogP contribution in [0.25, 0.3) is 0 Å². The summed E-state index contributed by atoms with van der Waals surface area (Å²) in [6.45, 7) is 11.8. The van der Waals surface area contributed by atoms with Crippen molar-refractivity contribution in [2.24, 2.45) is 0 Å². The molecular weight excluding hydrogens is 282 g/mol. The average Bonchev–Trinajstić information content (AvgIpc) is 2.25. The molecule has 0 aliphatic heterocycles. The predicted octanol–water partition coefficient (Wildman–Crippen LogP) is 5.38. The second-order valence-corrected chi connectivity index (χ2v) is 14.6. The minimum atomic E-state index is -3.02. The van der Waals surface area contributed by atoms with E-state index in [9.17, 15) is 4.57 Å². The minimum absolute atomic E-state index is 0.283. The van der Waals surface area contributed by atoms with Gasteiger partial charge in [0.25, 0.3) is 8.41 Å². The molecule has 0 aliphatic rings. The van der Waals surface area contributed by atoms with Crippen molar-refractivity contribution in [3.8, 4) is 0 Å². The van der Waals surface area contributed by atoms with Crippen LogP contribution in [0.5, 0.6) is 0 Å². The molecule has 0 unspecified atom stereocenters. The van der Waals surface area contributed by atoms with E-state index in [0.717, 1.165) is 0 Å². The first-order chi connectivity index (χ1) is 8.33. The Balaban J connectivity index is 4.87. The lowest BCUT2D eigenvalue weighted by Crippen LogP contribution is -2.47. The molecule has 0 atom stereocenters. The third kappa shape index (κ3) is 4.66. The molecule has 0 heterocycles.